The number of alkyl halides is 3. The van der Waals surface area contributed by atoms with Gasteiger partial charge < -0.3 is 10.6 Å². The van der Waals surface area contributed by atoms with Crippen LogP contribution in [-0.2, 0) is 6.54 Å². The third kappa shape index (κ3) is 5.31. The Morgan fingerprint density at radius 1 is 1.00 bits per heavy atom. The fraction of sp³-hybridized carbons (Fsp3) is 0.185. The van der Waals surface area contributed by atoms with Gasteiger partial charge in [-0.15, -0.1) is 0 Å². The number of rotatable bonds is 5. The summed E-state index contributed by atoms with van der Waals surface area (Å²) in [6.45, 7) is 0.190. The van der Waals surface area contributed by atoms with Gasteiger partial charge in [-0.1, -0.05) is 83.9 Å². The van der Waals surface area contributed by atoms with Gasteiger partial charge in [0.15, 0.2) is 6.04 Å². The van der Waals surface area contributed by atoms with Crippen LogP contribution in [0, 0.1) is 0 Å². The SMILES string of the molecule is O=C(NCc1ccc(-c2ccc(Cl)c(Cl)c2)cc1)c1cnn2c1NC(c1ccccc1)CC2C(F)(F)F. The van der Waals surface area contributed by atoms with E-state index in [0.29, 0.717) is 15.6 Å². The lowest BCUT2D eigenvalue weighted by molar-refractivity contribution is -0.173. The second kappa shape index (κ2) is 10.1. The largest absolute Gasteiger partial charge is 0.410 e. The quantitative estimate of drug-likeness (QED) is 0.274. The van der Waals surface area contributed by atoms with Crippen molar-refractivity contribution < 1.29 is 18.0 Å². The molecule has 0 fully saturated rings. The summed E-state index contributed by atoms with van der Waals surface area (Å²) in [7, 11) is 0. The van der Waals surface area contributed by atoms with Gasteiger partial charge in [-0.3, -0.25) is 4.79 Å². The molecule has 1 aliphatic rings. The number of aromatic nitrogens is 2. The van der Waals surface area contributed by atoms with E-state index in [9.17, 15) is 18.0 Å². The number of benzene rings is 3. The lowest BCUT2D eigenvalue weighted by atomic mass is 9.96. The Bertz CT molecular complexity index is 1420. The Morgan fingerprint density at radius 2 is 1.70 bits per heavy atom. The monoisotopic (exact) mass is 544 g/mol. The second-order valence-electron chi connectivity index (χ2n) is 8.76. The first kappa shape index (κ1) is 25.2. The molecule has 0 saturated carbocycles. The van der Waals surface area contributed by atoms with Crippen LogP contribution in [0.4, 0.5) is 19.0 Å². The van der Waals surface area contributed by atoms with E-state index >= 15 is 0 Å². The number of nitrogens with zero attached hydrogens (tertiary/aromatic N) is 2. The standard InChI is InChI=1S/C27H21Cl2F3N4O/c28-21-11-10-19(12-22(21)29)17-8-6-16(7-9-17)14-33-26(37)20-15-34-36-24(27(30,31)32)13-23(35-25(20)36)18-4-2-1-3-5-18/h1-12,15,23-24,35H,13-14H2,(H,33,37). The highest BCUT2D eigenvalue weighted by Crippen LogP contribution is 2.44. The maximum atomic E-state index is 13.9. The minimum Gasteiger partial charge on any atom is -0.363 e. The summed E-state index contributed by atoms with van der Waals surface area (Å²) in [6, 6.07) is 19.3. The molecule has 2 unspecified atom stereocenters. The topological polar surface area (TPSA) is 59.0 Å². The second-order valence-corrected chi connectivity index (χ2v) is 9.58. The molecule has 1 aliphatic heterocycles. The van der Waals surface area contributed by atoms with Crippen molar-refractivity contribution in [3.05, 3.63) is 106 Å². The van der Waals surface area contributed by atoms with E-state index in [1.165, 1.54) is 6.20 Å². The molecule has 2 atom stereocenters. The molecule has 0 aliphatic carbocycles. The molecule has 1 amide bonds. The van der Waals surface area contributed by atoms with E-state index in [4.69, 9.17) is 23.2 Å². The smallest absolute Gasteiger partial charge is 0.363 e. The van der Waals surface area contributed by atoms with Crippen molar-refractivity contribution in [2.24, 2.45) is 0 Å². The van der Waals surface area contributed by atoms with E-state index in [0.717, 1.165) is 21.4 Å². The first-order valence-corrected chi connectivity index (χ1v) is 12.2. The van der Waals surface area contributed by atoms with Gasteiger partial charge in [0.25, 0.3) is 5.91 Å². The van der Waals surface area contributed by atoms with Gasteiger partial charge in [0, 0.05) is 13.0 Å². The van der Waals surface area contributed by atoms with Crippen molar-refractivity contribution in [3.63, 3.8) is 0 Å². The summed E-state index contributed by atoms with van der Waals surface area (Å²) < 4.78 is 42.5. The van der Waals surface area contributed by atoms with Gasteiger partial charge in [0.2, 0.25) is 0 Å². The Kier molecular flexibility index (Phi) is 6.88. The van der Waals surface area contributed by atoms with Crippen molar-refractivity contribution >= 4 is 34.9 Å². The van der Waals surface area contributed by atoms with Gasteiger partial charge >= 0.3 is 6.18 Å². The summed E-state index contributed by atoms with van der Waals surface area (Å²) in [5, 5.41) is 10.7. The first-order valence-electron chi connectivity index (χ1n) is 11.5. The summed E-state index contributed by atoms with van der Waals surface area (Å²) in [4.78, 5) is 13.0. The summed E-state index contributed by atoms with van der Waals surface area (Å²) in [6.07, 6.45) is -3.56. The number of fused-ring (bicyclic) bond motifs is 1. The molecule has 10 heteroatoms. The van der Waals surface area contributed by atoms with Crippen LogP contribution in [-0.4, -0.2) is 21.9 Å². The zero-order valence-electron chi connectivity index (χ0n) is 19.3. The van der Waals surface area contributed by atoms with Crippen LogP contribution in [0.5, 0.6) is 0 Å². The van der Waals surface area contributed by atoms with Crippen LogP contribution in [0.2, 0.25) is 10.0 Å². The molecule has 2 heterocycles. The average molecular weight is 545 g/mol. The van der Waals surface area contributed by atoms with E-state index in [-0.39, 0.29) is 24.3 Å². The molecule has 5 nitrogen and oxygen atoms in total. The number of anilines is 1. The average Bonchev–Trinajstić information content (AvgIpc) is 3.32. The molecular formula is C27H21Cl2F3N4O. The van der Waals surface area contributed by atoms with Gasteiger partial charge in [0.1, 0.15) is 11.4 Å². The van der Waals surface area contributed by atoms with Crippen molar-refractivity contribution in [1.29, 1.82) is 0 Å². The molecule has 0 saturated heterocycles. The highest BCUT2D eigenvalue weighted by atomic mass is 35.5. The van der Waals surface area contributed by atoms with Crippen molar-refractivity contribution in [2.75, 3.05) is 5.32 Å². The number of amides is 1. The van der Waals surface area contributed by atoms with Gasteiger partial charge in [-0.05, 0) is 34.4 Å². The summed E-state index contributed by atoms with van der Waals surface area (Å²) in [5.74, 6) is -0.466. The van der Waals surface area contributed by atoms with Crippen molar-refractivity contribution in [2.45, 2.75) is 31.2 Å². The maximum Gasteiger partial charge on any atom is 0.410 e. The fourth-order valence-electron chi connectivity index (χ4n) is 4.40. The Hall–Kier alpha value is -3.49. The van der Waals surface area contributed by atoms with Crippen LogP contribution in [0.1, 0.15) is 40.0 Å². The highest BCUT2D eigenvalue weighted by Gasteiger charge is 2.47. The Morgan fingerprint density at radius 3 is 2.38 bits per heavy atom. The van der Waals surface area contributed by atoms with Crippen molar-refractivity contribution in [3.8, 4) is 11.1 Å². The van der Waals surface area contributed by atoms with Gasteiger partial charge in [-0.25, -0.2) is 4.68 Å². The number of nitrogens with one attached hydrogen (secondary N) is 2. The number of hydrogen-bond donors (Lipinski definition) is 2. The fourth-order valence-corrected chi connectivity index (χ4v) is 4.70. The molecule has 2 N–H and O–H groups in total. The molecule has 1 aromatic heterocycles. The lowest BCUT2D eigenvalue weighted by Crippen LogP contribution is -2.36. The van der Waals surface area contributed by atoms with Crippen LogP contribution in [0.15, 0.2) is 79.0 Å². The highest BCUT2D eigenvalue weighted by molar-refractivity contribution is 6.42. The zero-order valence-corrected chi connectivity index (χ0v) is 20.8. The number of carbonyl (C=O) groups is 1. The van der Waals surface area contributed by atoms with Gasteiger partial charge in [0.05, 0.1) is 22.3 Å². The van der Waals surface area contributed by atoms with Crippen LogP contribution in [0.3, 0.4) is 0 Å². The first-order chi connectivity index (χ1) is 17.7. The molecule has 190 valence electrons. The van der Waals surface area contributed by atoms with E-state index in [1.54, 1.807) is 42.5 Å². The summed E-state index contributed by atoms with van der Waals surface area (Å²) >= 11 is 12.1. The Balaban J connectivity index is 1.33. The third-order valence-corrected chi connectivity index (χ3v) is 7.08. The van der Waals surface area contributed by atoms with Crippen LogP contribution >= 0.6 is 23.2 Å². The molecule has 37 heavy (non-hydrogen) atoms. The molecule has 5 rings (SSSR count). The van der Waals surface area contributed by atoms with E-state index < -0.39 is 24.2 Å². The van der Waals surface area contributed by atoms with E-state index in [2.05, 4.69) is 15.7 Å². The predicted molar refractivity (Wildman–Crippen MR) is 138 cm³/mol. The Labute approximate surface area is 221 Å². The lowest BCUT2D eigenvalue weighted by Gasteiger charge is -2.34. The van der Waals surface area contributed by atoms with Crippen molar-refractivity contribution in [1.82, 2.24) is 15.1 Å². The number of halogens is 5. The molecule has 0 bridgehead atoms. The molecule has 4 aromatic rings. The zero-order chi connectivity index (χ0) is 26.2. The molecular weight excluding hydrogens is 524 g/mol. The van der Waals surface area contributed by atoms with Crippen LogP contribution in [0.25, 0.3) is 11.1 Å². The molecule has 3 aromatic carbocycles. The predicted octanol–water partition coefficient (Wildman–Crippen LogP) is 7.45. The van der Waals surface area contributed by atoms with Gasteiger partial charge in [-0.2, -0.15) is 18.3 Å². The number of carbonyl (C=O) groups excluding carboxylic acids is 1. The third-order valence-electron chi connectivity index (χ3n) is 6.34. The van der Waals surface area contributed by atoms with Crippen LogP contribution < -0.4 is 10.6 Å². The molecule has 0 spiro atoms. The minimum atomic E-state index is -4.51. The summed E-state index contributed by atoms with van der Waals surface area (Å²) in [5.41, 5.74) is 3.41. The minimum absolute atomic E-state index is 0.0508. The number of hydrogen-bond acceptors (Lipinski definition) is 3. The molecule has 0 radical (unpaired) electrons. The maximum absolute atomic E-state index is 13.9. The van der Waals surface area contributed by atoms with E-state index in [1.807, 2.05) is 30.3 Å². The normalized spacial score (nSPS) is 17.1.